The highest BCUT2D eigenvalue weighted by molar-refractivity contribution is 7.10. The summed E-state index contributed by atoms with van der Waals surface area (Å²) in [5.41, 5.74) is 2.05. The molecule has 0 bridgehead atoms. The monoisotopic (exact) mass is 303 g/mol. The molecule has 0 spiro atoms. The van der Waals surface area contributed by atoms with Crippen LogP contribution in [0, 0.1) is 5.82 Å². The molecular weight excluding hydrogens is 285 g/mol. The number of halogens is 1. The maximum absolute atomic E-state index is 12.8. The van der Waals surface area contributed by atoms with Crippen molar-refractivity contribution in [2.45, 2.75) is 25.8 Å². The first-order chi connectivity index (χ1) is 10.2. The number of Topliss-reactive ketones (excluding diaryl/α,β-unsaturated/α-hetero) is 1. The molecule has 0 amide bonds. The lowest BCUT2D eigenvalue weighted by molar-refractivity contribution is 0.0973. The number of carbonyl (C=O) groups excluding carboxylic acids is 1. The van der Waals surface area contributed by atoms with Gasteiger partial charge in [0.1, 0.15) is 5.82 Å². The lowest BCUT2D eigenvalue weighted by Gasteiger charge is -2.26. The fourth-order valence-corrected chi connectivity index (χ4v) is 3.63. The van der Waals surface area contributed by atoms with E-state index in [-0.39, 0.29) is 11.6 Å². The molecule has 1 aliphatic rings. The lowest BCUT2D eigenvalue weighted by Crippen LogP contribution is -2.30. The van der Waals surface area contributed by atoms with E-state index < -0.39 is 0 Å². The summed E-state index contributed by atoms with van der Waals surface area (Å²) in [6.07, 6.45) is 2.51. The Morgan fingerprint density at radius 3 is 2.86 bits per heavy atom. The molecule has 21 heavy (non-hydrogen) atoms. The number of carbonyl (C=O) groups is 1. The molecule has 2 aromatic rings. The number of rotatable bonds is 5. The van der Waals surface area contributed by atoms with Crippen LogP contribution in [0.5, 0.6) is 0 Å². The standard InChI is InChI=1S/C17H18FNOS/c18-15-5-3-13(4-6-15)16(20)2-1-9-19-10-7-17-14(12-19)8-11-21-17/h3-6,8,11H,1-2,7,9-10,12H2. The topological polar surface area (TPSA) is 20.3 Å². The van der Waals surface area contributed by atoms with Gasteiger partial charge in [-0.25, -0.2) is 4.39 Å². The molecule has 4 heteroatoms. The molecule has 1 aromatic carbocycles. The predicted molar refractivity (Wildman–Crippen MR) is 83.3 cm³/mol. The third kappa shape index (κ3) is 3.57. The highest BCUT2D eigenvalue weighted by atomic mass is 32.1. The summed E-state index contributed by atoms with van der Waals surface area (Å²) in [7, 11) is 0. The minimum atomic E-state index is -0.300. The largest absolute Gasteiger partial charge is 0.299 e. The zero-order chi connectivity index (χ0) is 14.7. The average molecular weight is 303 g/mol. The van der Waals surface area contributed by atoms with Gasteiger partial charge in [0.25, 0.3) is 0 Å². The Kier molecular flexibility index (Phi) is 4.46. The minimum Gasteiger partial charge on any atom is -0.299 e. The van der Waals surface area contributed by atoms with E-state index in [9.17, 15) is 9.18 Å². The highest BCUT2D eigenvalue weighted by Gasteiger charge is 2.17. The Morgan fingerprint density at radius 2 is 2.05 bits per heavy atom. The van der Waals surface area contributed by atoms with E-state index in [2.05, 4.69) is 16.3 Å². The number of benzene rings is 1. The van der Waals surface area contributed by atoms with Gasteiger partial charge in [-0.1, -0.05) is 0 Å². The third-order valence-electron chi connectivity index (χ3n) is 3.93. The van der Waals surface area contributed by atoms with Crippen molar-refractivity contribution in [3.63, 3.8) is 0 Å². The van der Waals surface area contributed by atoms with Gasteiger partial charge in [0, 0.05) is 30.0 Å². The van der Waals surface area contributed by atoms with E-state index in [0.29, 0.717) is 12.0 Å². The number of hydrogen-bond donors (Lipinski definition) is 0. The zero-order valence-electron chi connectivity index (χ0n) is 11.8. The molecule has 0 N–H and O–H groups in total. The van der Waals surface area contributed by atoms with Gasteiger partial charge < -0.3 is 0 Å². The van der Waals surface area contributed by atoms with Crippen LogP contribution < -0.4 is 0 Å². The van der Waals surface area contributed by atoms with Crippen LogP contribution in [0.3, 0.4) is 0 Å². The van der Waals surface area contributed by atoms with E-state index in [0.717, 1.165) is 32.5 Å². The maximum Gasteiger partial charge on any atom is 0.162 e. The summed E-state index contributed by atoms with van der Waals surface area (Å²) >= 11 is 1.84. The second kappa shape index (κ2) is 6.50. The molecule has 0 fully saturated rings. The van der Waals surface area contributed by atoms with Gasteiger partial charge in [-0.2, -0.15) is 0 Å². The first kappa shape index (κ1) is 14.4. The van der Waals surface area contributed by atoms with Gasteiger partial charge in [-0.3, -0.25) is 9.69 Å². The fourth-order valence-electron chi connectivity index (χ4n) is 2.74. The molecule has 110 valence electrons. The molecule has 0 radical (unpaired) electrons. The van der Waals surface area contributed by atoms with Crippen molar-refractivity contribution in [3.8, 4) is 0 Å². The molecule has 2 nitrogen and oxygen atoms in total. The van der Waals surface area contributed by atoms with Gasteiger partial charge in [0.2, 0.25) is 0 Å². The SMILES string of the molecule is O=C(CCCN1CCc2sccc2C1)c1ccc(F)cc1. The van der Waals surface area contributed by atoms with E-state index >= 15 is 0 Å². The first-order valence-electron chi connectivity index (χ1n) is 7.29. The van der Waals surface area contributed by atoms with Crippen molar-refractivity contribution in [3.05, 3.63) is 57.5 Å². The summed E-state index contributed by atoms with van der Waals surface area (Å²) in [5, 5.41) is 2.16. The van der Waals surface area contributed by atoms with E-state index in [1.807, 2.05) is 11.3 Å². The second-order valence-electron chi connectivity index (χ2n) is 5.43. The smallest absolute Gasteiger partial charge is 0.162 e. The van der Waals surface area contributed by atoms with Crippen LogP contribution in [0.2, 0.25) is 0 Å². The van der Waals surface area contributed by atoms with E-state index in [1.165, 1.54) is 22.6 Å². The predicted octanol–water partition coefficient (Wildman–Crippen LogP) is 3.91. The van der Waals surface area contributed by atoms with Crippen LogP contribution in [-0.2, 0) is 13.0 Å². The van der Waals surface area contributed by atoms with Crippen LogP contribution >= 0.6 is 11.3 Å². The molecule has 0 saturated heterocycles. The van der Waals surface area contributed by atoms with Gasteiger partial charge in [-0.15, -0.1) is 11.3 Å². The Morgan fingerprint density at radius 1 is 1.24 bits per heavy atom. The van der Waals surface area contributed by atoms with Crippen LogP contribution in [0.15, 0.2) is 35.7 Å². The van der Waals surface area contributed by atoms with Gasteiger partial charge >= 0.3 is 0 Å². The van der Waals surface area contributed by atoms with Crippen molar-refractivity contribution < 1.29 is 9.18 Å². The zero-order valence-corrected chi connectivity index (χ0v) is 12.7. The van der Waals surface area contributed by atoms with Crippen molar-refractivity contribution in [1.82, 2.24) is 4.90 Å². The van der Waals surface area contributed by atoms with Crippen LogP contribution in [0.25, 0.3) is 0 Å². The third-order valence-corrected chi connectivity index (χ3v) is 4.95. The number of nitrogens with zero attached hydrogens (tertiary/aromatic N) is 1. The summed E-state index contributed by atoms with van der Waals surface area (Å²) < 4.78 is 12.8. The molecule has 1 aromatic heterocycles. The Labute approximate surface area is 128 Å². The van der Waals surface area contributed by atoms with Gasteiger partial charge in [0.15, 0.2) is 5.78 Å². The summed E-state index contributed by atoms with van der Waals surface area (Å²) in [6, 6.07) is 8.02. The number of ketones is 1. The molecular formula is C17H18FNOS. The molecule has 3 rings (SSSR count). The molecule has 0 aliphatic carbocycles. The maximum atomic E-state index is 12.8. The van der Waals surface area contributed by atoms with Gasteiger partial charge in [-0.05, 0) is 60.7 Å². The van der Waals surface area contributed by atoms with Crippen LogP contribution in [-0.4, -0.2) is 23.8 Å². The molecule has 2 heterocycles. The van der Waals surface area contributed by atoms with E-state index in [1.54, 1.807) is 12.1 Å². The van der Waals surface area contributed by atoms with Crippen molar-refractivity contribution in [2.75, 3.05) is 13.1 Å². The van der Waals surface area contributed by atoms with Crippen molar-refractivity contribution in [2.24, 2.45) is 0 Å². The second-order valence-corrected chi connectivity index (χ2v) is 6.43. The Hall–Kier alpha value is -1.52. The molecule has 0 unspecified atom stereocenters. The summed E-state index contributed by atoms with van der Waals surface area (Å²) in [4.78, 5) is 15.9. The Bertz CT molecular complexity index is 620. The van der Waals surface area contributed by atoms with Gasteiger partial charge in [0.05, 0.1) is 0 Å². The van der Waals surface area contributed by atoms with Crippen LogP contribution in [0.4, 0.5) is 4.39 Å². The van der Waals surface area contributed by atoms with Crippen LogP contribution in [0.1, 0.15) is 33.6 Å². The normalized spacial score (nSPS) is 14.9. The van der Waals surface area contributed by atoms with Crippen molar-refractivity contribution >= 4 is 17.1 Å². The minimum absolute atomic E-state index is 0.100. The van der Waals surface area contributed by atoms with Crippen molar-refractivity contribution in [1.29, 1.82) is 0 Å². The molecule has 0 saturated carbocycles. The Balaban J connectivity index is 1.46. The quantitative estimate of drug-likeness (QED) is 0.781. The lowest BCUT2D eigenvalue weighted by atomic mass is 10.1. The summed E-state index contributed by atoms with van der Waals surface area (Å²) in [6.45, 7) is 3.03. The number of thiophene rings is 1. The molecule has 0 atom stereocenters. The number of fused-ring (bicyclic) bond motifs is 1. The molecule has 1 aliphatic heterocycles. The average Bonchev–Trinajstić information content (AvgIpc) is 2.95. The van der Waals surface area contributed by atoms with E-state index in [4.69, 9.17) is 0 Å². The number of hydrogen-bond acceptors (Lipinski definition) is 3. The first-order valence-corrected chi connectivity index (χ1v) is 8.17. The highest BCUT2D eigenvalue weighted by Crippen LogP contribution is 2.24. The summed E-state index contributed by atoms with van der Waals surface area (Å²) in [5.74, 6) is -0.199. The fraction of sp³-hybridized carbons (Fsp3) is 0.353.